The average Bonchev–Trinajstić information content (AvgIpc) is 2.28. The Morgan fingerprint density at radius 3 is 2.59 bits per heavy atom. The molecule has 0 aliphatic carbocycles. The van der Waals surface area contributed by atoms with Crippen molar-refractivity contribution in [1.82, 2.24) is 9.97 Å². The number of anilines is 1. The number of ether oxygens (including phenoxy) is 1. The molecule has 1 atom stereocenters. The van der Waals surface area contributed by atoms with Gasteiger partial charge in [-0.15, -0.1) is 0 Å². The van der Waals surface area contributed by atoms with Gasteiger partial charge in [0, 0.05) is 6.20 Å². The minimum absolute atomic E-state index is 0.115. The van der Waals surface area contributed by atoms with Crippen LogP contribution < -0.4 is 5.32 Å². The summed E-state index contributed by atoms with van der Waals surface area (Å²) in [5, 5.41) is 3.09. The van der Waals surface area contributed by atoms with Crippen LogP contribution in [0, 0.1) is 19.8 Å². The SMILES string of the molecule is COC(=O)C(Nc1nc(C)cnc1C)C(C)C. The summed E-state index contributed by atoms with van der Waals surface area (Å²) in [7, 11) is 1.38. The van der Waals surface area contributed by atoms with E-state index in [-0.39, 0.29) is 11.9 Å². The highest BCUT2D eigenvalue weighted by Crippen LogP contribution is 2.14. The summed E-state index contributed by atoms with van der Waals surface area (Å²) in [6, 6.07) is -0.408. The molecule has 94 valence electrons. The number of aryl methyl sites for hydroxylation is 2. The minimum atomic E-state index is -0.408. The molecule has 0 aromatic carbocycles. The van der Waals surface area contributed by atoms with E-state index in [1.54, 1.807) is 6.20 Å². The molecule has 0 bridgehead atoms. The van der Waals surface area contributed by atoms with E-state index >= 15 is 0 Å². The van der Waals surface area contributed by atoms with E-state index in [9.17, 15) is 4.79 Å². The van der Waals surface area contributed by atoms with E-state index in [0.717, 1.165) is 11.4 Å². The number of hydrogen-bond acceptors (Lipinski definition) is 5. The van der Waals surface area contributed by atoms with Crippen LogP contribution in [0.5, 0.6) is 0 Å². The van der Waals surface area contributed by atoms with Crippen LogP contribution in [0.25, 0.3) is 0 Å². The highest BCUT2D eigenvalue weighted by atomic mass is 16.5. The fourth-order valence-corrected chi connectivity index (χ4v) is 1.45. The number of rotatable bonds is 4. The van der Waals surface area contributed by atoms with Crippen molar-refractivity contribution in [2.45, 2.75) is 33.7 Å². The maximum absolute atomic E-state index is 11.6. The van der Waals surface area contributed by atoms with Gasteiger partial charge in [0.05, 0.1) is 18.5 Å². The zero-order valence-corrected chi connectivity index (χ0v) is 10.9. The van der Waals surface area contributed by atoms with Crippen LogP contribution in [0.1, 0.15) is 25.2 Å². The number of carbonyl (C=O) groups excluding carboxylic acids is 1. The minimum Gasteiger partial charge on any atom is -0.467 e. The van der Waals surface area contributed by atoms with Gasteiger partial charge in [-0.05, 0) is 19.8 Å². The Labute approximate surface area is 102 Å². The maximum atomic E-state index is 11.6. The van der Waals surface area contributed by atoms with Crippen molar-refractivity contribution < 1.29 is 9.53 Å². The van der Waals surface area contributed by atoms with Gasteiger partial charge in [0.1, 0.15) is 11.9 Å². The van der Waals surface area contributed by atoms with Crippen molar-refractivity contribution in [3.05, 3.63) is 17.6 Å². The second kappa shape index (κ2) is 5.61. The van der Waals surface area contributed by atoms with Gasteiger partial charge in [-0.1, -0.05) is 13.8 Å². The molecule has 0 saturated heterocycles. The van der Waals surface area contributed by atoms with Crippen LogP contribution in [-0.2, 0) is 9.53 Å². The van der Waals surface area contributed by atoms with E-state index in [4.69, 9.17) is 4.74 Å². The molecule has 1 heterocycles. The molecule has 0 spiro atoms. The first-order valence-electron chi connectivity index (χ1n) is 5.60. The molecule has 5 nitrogen and oxygen atoms in total. The van der Waals surface area contributed by atoms with Crippen LogP contribution in [0.3, 0.4) is 0 Å². The number of aromatic nitrogens is 2. The molecule has 0 aliphatic rings. The summed E-state index contributed by atoms with van der Waals surface area (Å²) in [4.78, 5) is 20.2. The average molecular weight is 237 g/mol. The Balaban J connectivity index is 2.93. The van der Waals surface area contributed by atoms with E-state index < -0.39 is 6.04 Å². The molecule has 0 amide bonds. The predicted molar refractivity (Wildman–Crippen MR) is 65.8 cm³/mol. The number of carbonyl (C=O) groups is 1. The standard InChI is InChI=1S/C12H19N3O2/c1-7(2)10(12(16)17-5)15-11-9(4)13-6-8(3)14-11/h6-7,10H,1-5H3,(H,14,15). The van der Waals surface area contributed by atoms with Crippen LogP contribution in [-0.4, -0.2) is 29.1 Å². The lowest BCUT2D eigenvalue weighted by Gasteiger charge is -2.21. The summed E-state index contributed by atoms with van der Waals surface area (Å²) >= 11 is 0. The lowest BCUT2D eigenvalue weighted by atomic mass is 10.0. The van der Waals surface area contributed by atoms with Gasteiger partial charge in [0.25, 0.3) is 0 Å². The molecule has 1 aromatic rings. The molecule has 0 fully saturated rings. The Kier molecular flexibility index (Phi) is 4.43. The summed E-state index contributed by atoms with van der Waals surface area (Å²) < 4.78 is 4.77. The van der Waals surface area contributed by atoms with Crippen molar-refractivity contribution in [2.24, 2.45) is 5.92 Å². The fourth-order valence-electron chi connectivity index (χ4n) is 1.45. The Hall–Kier alpha value is -1.65. The van der Waals surface area contributed by atoms with Crippen LogP contribution >= 0.6 is 0 Å². The van der Waals surface area contributed by atoms with Gasteiger partial charge in [0.2, 0.25) is 0 Å². The quantitative estimate of drug-likeness (QED) is 0.807. The van der Waals surface area contributed by atoms with Crippen molar-refractivity contribution in [1.29, 1.82) is 0 Å². The normalized spacial score (nSPS) is 12.4. The summed E-state index contributed by atoms with van der Waals surface area (Å²) in [6.07, 6.45) is 1.70. The van der Waals surface area contributed by atoms with E-state index in [2.05, 4.69) is 15.3 Å². The zero-order valence-electron chi connectivity index (χ0n) is 10.9. The smallest absolute Gasteiger partial charge is 0.328 e. The topological polar surface area (TPSA) is 64.1 Å². The summed E-state index contributed by atoms with van der Waals surface area (Å²) in [6.45, 7) is 7.61. The zero-order chi connectivity index (χ0) is 13.0. The molecule has 0 radical (unpaired) electrons. The van der Waals surface area contributed by atoms with Crippen molar-refractivity contribution in [3.8, 4) is 0 Å². The third-order valence-electron chi connectivity index (χ3n) is 2.49. The first-order valence-corrected chi connectivity index (χ1v) is 5.60. The molecule has 1 rings (SSSR count). The lowest BCUT2D eigenvalue weighted by Crippen LogP contribution is -2.36. The number of methoxy groups -OCH3 is 1. The first-order chi connectivity index (χ1) is 7.95. The van der Waals surface area contributed by atoms with Gasteiger partial charge < -0.3 is 10.1 Å². The Bertz CT molecular complexity index is 405. The Morgan fingerprint density at radius 1 is 1.41 bits per heavy atom. The maximum Gasteiger partial charge on any atom is 0.328 e. The third-order valence-corrected chi connectivity index (χ3v) is 2.49. The molecule has 1 N–H and O–H groups in total. The molecular formula is C12H19N3O2. The van der Waals surface area contributed by atoms with Crippen LogP contribution in [0.2, 0.25) is 0 Å². The third kappa shape index (κ3) is 3.41. The monoisotopic (exact) mass is 237 g/mol. The number of nitrogens with zero attached hydrogens (tertiary/aromatic N) is 2. The fraction of sp³-hybridized carbons (Fsp3) is 0.583. The van der Waals surface area contributed by atoms with E-state index in [1.807, 2.05) is 27.7 Å². The summed E-state index contributed by atoms with van der Waals surface area (Å²) in [5.41, 5.74) is 1.58. The predicted octanol–water partition coefficient (Wildman–Crippen LogP) is 1.70. The van der Waals surface area contributed by atoms with E-state index in [1.165, 1.54) is 7.11 Å². The number of esters is 1. The van der Waals surface area contributed by atoms with Crippen molar-refractivity contribution in [2.75, 3.05) is 12.4 Å². The second-order valence-electron chi connectivity index (χ2n) is 4.33. The molecular weight excluding hydrogens is 218 g/mol. The largest absolute Gasteiger partial charge is 0.467 e. The highest BCUT2D eigenvalue weighted by Gasteiger charge is 2.23. The molecule has 0 aliphatic heterocycles. The first kappa shape index (κ1) is 13.4. The molecule has 1 unspecified atom stereocenters. The molecule has 1 aromatic heterocycles. The second-order valence-corrected chi connectivity index (χ2v) is 4.33. The van der Waals surface area contributed by atoms with Gasteiger partial charge in [-0.25, -0.2) is 9.78 Å². The van der Waals surface area contributed by atoms with Crippen LogP contribution in [0.4, 0.5) is 5.82 Å². The molecule has 0 saturated carbocycles. The number of nitrogens with one attached hydrogen (secondary N) is 1. The van der Waals surface area contributed by atoms with Crippen molar-refractivity contribution >= 4 is 11.8 Å². The van der Waals surface area contributed by atoms with Gasteiger partial charge in [0.15, 0.2) is 0 Å². The van der Waals surface area contributed by atoms with Gasteiger partial charge in [-0.3, -0.25) is 4.98 Å². The molecule has 17 heavy (non-hydrogen) atoms. The van der Waals surface area contributed by atoms with E-state index in [0.29, 0.717) is 5.82 Å². The lowest BCUT2D eigenvalue weighted by molar-refractivity contribution is -0.142. The van der Waals surface area contributed by atoms with Crippen LogP contribution in [0.15, 0.2) is 6.20 Å². The van der Waals surface area contributed by atoms with Crippen molar-refractivity contribution in [3.63, 3.8) is 0 Å². The summed E-state index contributed by atoms with van der Waals surface area (Å²) in [5.74, 6) is 0.459. The van der Waals surface area contributed by atoms with Gasteiger partial charge in [-0.2, -0.15) is 0 Å². The highest BCUT2D eigenvalue weighted by molar-refractivity contribution is 5.79. The Morgan fingerprint density at radius 2 is 2.06 bits per heavy atom. The molecule has 5 heteroatoms. The number of hydrogen-bond donors (Lipinski definition) is 1. The van der Waals surface area contributed by atoms with Gasteiger partial charge >= 0.3 is 5.97 Å².